The molecule has 1 saturated heterocycles. The Morgan fingerprint density at radius 1 is 1.30 bits per heavy atom. The summed E-state index contributed by atoms with van der Waals surface area (Å²) in [6.45, 7) is 0.672. The second kappa shape index (κ2) is 6.07. The lowest BCUT2D eigenvalue weighted by Crippen LogP contribution is -2.53. The highest BCUT2D eigenvalue weighted by atomic mass is 19.1. The Balaban J connectivity index is 1.64. The lowest BCUT2D eigenvalue weighted by Gasteiger charge is -2.33. The Hall–Kier alpha value is -2.90. The summed E-state index contributed by atoms with van der Waals surface area (Å²) in [7, 11) is 1.77. The molecule has 0 radical (unpaired) electrons. The van der Waals surface area contributed by atoms with Gasteiger partial charge in [-0.15, -0.1) is 0 Å². The molecule has 1 aliphatic heterocycles. The predicted octanol–water partition coefficient (Wildman–Crippen LogP) is 1.44. The number of rotatable bonds is 2. The van der Waals surface area contributed by atoms with E-state index in [-0.39, 0.29) is 18.1 Å². The van der Waals surface area contributed by atoms with E-state index in [1.807, 2.05) is 0 Å². The van der Waals surface area contributed by atoms with Crippen molar-refractivity contribution in [1.82, 2.24) is 14.7 Å². The Kier molecular flexibility index (Phi) is 3.96. The quantitative estimate of drug-likeness (QED) is 0.911. The molecule has 120 valence electrons. The van der Waals surface area contributed by atoms with Crippen molar-refractivity contribution in [3.05, 3.63) is 42.5 Å². The molecule has 23 heavy (non-hydrogen) atoms. The van der Waals surface area contributed by atoms with Crippen LogP contribution in [0.4, 0.5) is 20.6 Å². The van der Waals surface area contributed by atoms with Crippen LogP contribution in [0, 0.1) is 5.82 Å². The van der Waals surface area contributed by atoms with E-state index in [0.29, 0.717) is 18.8 Å². The first-order valence-electron chi connectivity index (χ1n) is 7.14. The number of anilines is 2. The molecule has 1 aromatic heterocycles. The van der Waals surface area contributed by atoms with Gasteiger partial charge in [-0.25, -0.2) is 9.18 Å². The van der Waals surface area contributed by atoms with Crippen LogP contribution in [-0.2, 0) is 11.8 Å². The molecular weight excluding hydrogens is 301 g/mol. The van der Waals surface area contributed by atoms with Gasteiger partial charge in [0.25, 0.3) is 0 Å². The summed E-state index contributed by atoms with van der Waals surface area (Å²) in [6, 6.07) is 5.42. The smallest absolute Gasteiger partial charge is 0.313 e. The minimum absolute atomic E-state index is 0.0603. The summed E-state index contributed by atoms with van der Waals surface area (Å²) in [6.07, 6.45) is 3.35. The normalized spacial score (nSPS) is 15.0. The van der Waals surface area contributed by atoms with Crippen molar-refractivity contribution in [2.75, 3.05) is 29.9 Å². The van der Waals surface area contributed by atoms with Crippen molar-refractivity contribution < 1.29 is 14.0 Å². The van der Waals surface area contributed by atoms with Crippen LogP contribution in [0.2, 0.25) is 0 Å². The van der Waals surface area contributed by atoms with Crippen molar-refractivity contribution in [3.8, 4) is 0 Å². The molecule has 1 aromatic carbocycles. The molecule has 0 atom stereocenters. The van der Waals surface area contributed by atoms with Gasteiger partial charge in [0.15, 0.2) is 0 Å². The number of aromatic nitrogens is 2. The van der Waals surface area contributed by atoms with E-state index >= 15 is 0 Å². The van der Waals surface area contributed by atoms with Crippen LogP contribution in [-0.4, -0.2) is 46.3 Å². The second-order valence-electron chi connectivity index (χ2n) is 5.25. The molecule has 1 N–H and O–H groups in total. The Labute approximate surface area is 132 Å². The number of carbonyl (C=O) groups excluding carboxylic acids is 2. The summed E-state index contributed by atoms with van der Waals surface area (Å²) < 4.78 is 15.2. The van der Waals surface area contributed by atoms with Gasteiger partial charge >= 0.3 is 6.03 Å². The molecule has 0 spiro atoms. The number of halogens is 1. The monoisotopic (exact) mass is 317 g/mol. The molecule has 2 aromatic rings. The fraction of sp³-hybridized carbons (Fsp3) is 0.267. The molecule has 3 amide bonds. The van der Waals surface area contributed by atoms with Crippen molar-refractivity contribution in [1.29, 1.82) is 0 Å². The van der Waals surface area contributed by atoms with E-state index in [1.54, 1.807) is 41.2 Å². The zero-order valence-electron chi connectivity index (χ0n) is 12.6. The van der Waals surface area contributed by atoms with E-state index in [1.165, 1.54) is 17.0 Å². The highest BCUT2D eigenvalue weighted by molar-refractivity contribution is 5.99. The first kappa shape index (κ1) is 15.0. The number of benzene rings is 1. The van der Waals surface area contributed by atoms with E-state index < -0.39 is 11.8 Å². The number of piperazine rings is 1. The minimum Gasteiger partial charge on any atom is -0.313 e. The SMILES string of the molecule is Cn1cc(N2CCN(C(=O)Nc3ccccc3F)CC2=O)cn1. The van der Waals surface area contributed by atoms with Gasteiger partial charge < -0.3 is 15.1 Å². The second-order valence-corrected chi connectivity index (χ2v) is 5.25. The van der Waals surface area contributed by atoms with Crippen LogP contribution in [0.25, 0.3) is 0 Å². The molecule has 3 rings (SSSR count). The first-order chi connectivity index (χ1) is 11.0. The highest BCUT2D eigenvalue weighted by Gasteiger charge is 2.28. The van der Waals surface area contributed by atoms with Gasteiger partial charge in [-0.1, -0.05) is 12.1 Å². The van der Waals surface area contributed by atoms with Gasteiger partial charge in [0.05, 0.1) is 17.6 Å². The standard InChI is InChI=1S/C15H16FN5O2/c1-19-9-11(8-17-19)21-7-6-20(10-14(21)22)15(23)18-13-5-3-2-4-12(13)16/h2-5,8-9H,6-7,10H2,1H3,(H,18,23). The summed E-state index contributed by atoms with van der Waals surface area (Å²) in [5.74, 6) is -0.714. The zero-order valence-corrected chi connectivity index (χ0v) is 12.6. The third-order valence-electron chi connectivity index (χ3n) is 3.63. The highest BCUT2D eigenvalue weighted by Crippen LogP contribution is 2.17. The van der Waals surface area contributed by atoms with Crippen molar-refractivity contribution in [3.63, 3.8) is 0 Å². The number of nitrogens with zero attached hydrogens (tertiary/aromatic N) is 4. The fourth-order valence-electron chi connectivity index (χ4n) is 2.42. The molecule has 0 bridgehead atoms. The number of aryl methyl sites for hydroxylation is 1. The number of hydrogen-bond acceptors (Lipinski definition) is 3. The zero-order chi connectivity index (χ0) is 16.4. The first-order valence-corrected chi connectivity index (χ1v) is 7.14. The number of carbonyl (C=O) groups is 2. The molecule has 0 aliphatic carbocycles. The van der Waals surface area contributed by atoms with Crippen LogP contribution in [0.1, 0.15) is 0 Å². The van der Waals surface area contributed by atoms with Crippen LogP contribution in [0.5, 0.6) is 0 Å². The minimum atomic E-state index is -0.513. The molecule has 2 heterocycles. The summed E-state index contributed by atoms with van der Waals surface area (Å²) in [4.78, 5) is 27.4. The number of urea groups is 1. The maximum atomic E-state index is 13.6. The van der Waals surface area contributed by atoms with Crippen LogP contribution < -0.4 is 10.2 Å². The molecular formula is C15H16FN5O2. The lowest BCUT2D eigenvalue weighted by molar-refractivity contribution is -0.120. The van der Waals surface area contributed by atoms with Crippen LogP contribution in [0.15, 0.2) is 36.7 Å². The van der Waals surface area contributed by atoms with E-state index in [9.17, 15) is 14.0 Å². The van der Waals surface area contributed by atoms with Gasteiger partial charge in [-0.2, -0.15) is 5.10 Å². The van der Waals surface area contributed by atoms with E-state index in [2.05, 4.69) is 10.4 Å². The Bertz CT molecular complexity index is 745. The molecule has 1 aliphatic rings. The van der Waals surface area contributed by atoms with Crippen molar-refractivity contribution in [2.24, 2.45) is 7.05 Å². The van der Waals surface area contributed by atoms with E-state index in [0.717, 1.165) is 0 Å². The number of amides is 3. The van der Waals surface area contributed by atoms with E-state index in [4.69, 9.17) is 0 Å². The number of para-hydroxylation sites is 1. The number of nitrogens with one attached hydrogen (secondary N) is 1. The van der Waals surface area contributed by atoms with Crippen LogP contribution in [0.3, 0.4) is 0 Å². The third-order valence-corrected chi connectivity index (χ3v) is 3.63. The fourth-order valence-corrected chi connectivity index (χ4v) is 2.42. The molecule has 1 fully saturated rings. The molecule has 0 saturated carbocycles. The number of hydrogen-bond donors (Lipinski definition) is 1. The third kappa shape index (κ3) is 3.15. The summed E-state index contributed by atoms with van der Waals surface area (Å²) in [5.41, 5.74) is 0.797. The maximum Gasteiger partial charge on any atom is 0.322 e. The van der Waals surface area contributed by atoms with Crippen molar-refractivity contribution in [2.45, 2.75) is 0 Å². The molecule has 7 nitrogen and oxygen atoms in total. The summed E-state index contributed by atoms with van der Waals surface area (Å²) >= 11 is 0. The van der Waals surface area contributed by atoms with Gasteiger partial charge in [0.2, 0.25) is 5.91 Å². The van der Waals surface area contributed by atoms with Crippen LogP contribution >= 0.6 is 0 Å². The molecule has 0 unspecified atom stereocenters. The Morgan fingerprint density at radius 2 is 2.09 bits per heavy atom. The van der Waals surface area contributed by atoms with Crippen molar-refractivity contribution >= 4 is 23.3 Å². The largest absolute Gasteiger partial charge is 0.322 e. The average Bonchev–Trinajstić information content (AvgIpc) is 2.95. The van der Waals surface area contributed by atoms with Gasteiger partial charge in [-0.3, -0.25) is 9.48 Å². The van der Waals surface area contributed by atoms with Gasteiger partial charge in [-0.05, 0) is 12.1 Å². The topological polar surface area (TPSA) is 70.5 Å². The summed E-state index contributed by atoms with van der Waals surface area (Å²) in [5, 5.41) is 6.52. The maximum absolute atomic E-state index is 13.6. The predicted molar refractivity (Wildman–Crippen MR) is 82.6 cm³/mol. The lowest BCUT2D eigenvalue weighted by atomic mass is 10.3. The molecule has 8 heteroatoms. The average molecular weight is 317 g/mol. The van der Waals surface area contributed by atoms with Gasteiger partial charge in [0, 0.05) is 26.3 Å². The van der Waals surface area contributed by atoms with Gasteiger partial charge in [0.1, 0.15) is 12.4 Å². The Morgan fingerprint density at radius 3 is 2.74 bits per heavy atom.